The van der Waals surface area contributed by atoms with Gasteiger partial charge in [0.25, 0.3) is 0 Å². The molecule has 19 heavy (non-hydrogen) atoms. The Morgan fingerprint density at radius 3 is 2.42 bits per heavy atom. The maximum absolute atomic E-state index is 12.4. The van der Waals surface area contributed by atoms with Crippen molar-refractivity contribution in [3.63, 3.8) is 0 Å². The van der Waals surface area contributed by atoms with Gasteiger partial charge < -0.3 is 9.80 Å². The van der Waals surface area contributed by atoms with Gasteiger partial charge in [0, 0.05) is 38.1 Å². The average Bonchev–Trinajstić information content (AvgIpc) is 2.37. The van der Waals surface area contributed by atoms with E-state index in [2.05, 4.69) is 9.97 Å². The minimum atomic E-state index is -4.43. The molecule has 0 saturated carbocycles. The lowest BCUT2D eigenvalue weighted by molar-refractivity contribution is -0.138. The van der Waals surface area contributed by atoms with E-state index in [4.69, 9.17) is 0 Å². The molecule has 104 valence electrons. The molecular formula is C11H13F3N4O. The number of alkyl halides is 3. The van der Waals surface area contributed by atoms with Crippen LogP contribution >= 0.6 is 0 Å². The number of rotatable bonds is 2. The van der Waals surface area contributed by atoms with Gasteiger partial charge in [0.05, 0.1) is 5.56 Å². The molecule has 1 amide bonds. The van der Waals surface area contributed by atoms with Gasteiger partial charge in [-0.05, 0) is 6.92 Å². The maximum atomic E-state index is 12.4. The van der Waals surface area contributed by atoms with Crippen LogP contribution in [-0.2, 0) is 11.0 Å². The fourth-order valence-electron chi connectivity index (χ4n) is 1.99. The highest BCUT2D eigenvalue weighted by molar-refractivity contribution is 5.48. The Morgan fingerprint density at radius 1 is 1.32 bits per heavy atom. The quantitative estimate of drug-likeness (QED) is 0.759. The molecule has 1 saturated heterocycles. The number of nitrogens with zero attached hydrogens (tertiary/aromatic N) is 4. The zero-order valence-corrected chi connectivity index (χ0v) is 10.3. The summed E-state index contributed by atoms with van der Waals surface area (Å²) in [6.07, 6.45) is -2.11. The Morgan fingerprint density at radius 2 is 1.95 bits per heavy atom. The third-order valence-electron chi connectivity index (χ3n) is 3.03. The summed E-state index contributed by atoms with van der Waals surface area (Å²) in [5.41, 5.74) is -0.865. The summed E-state index contributed by atoms with van der Waals surface area (Å²) in [7, 11) is 0. The first-order chi connectivity index (χ1) is 8.91. The summed E-state index contributed by atoms with van der Waals surface area (Å²) in [5, 5.41) is 0. The molecular weight excluding hydrogens is 261 g/mol. The summed E-state index contributed by atoms with van der Waals surface area (Å²) in [6, 6.07) is -0.0318. The van der Waals surface area contributed by atoms with E-state index in [-0.39, 0.29) is 12.0 Å². The molecule has 0 radical (unpaired) electrons. The van der Waals surface area contributed by atoms with Crippen molar-refractivity contribution in [3.8, 4) is 0 Å². The maximum Gasteiger partial charge on any atom is 0.419 e. The highest BCUT2D eigenvalue weighted by Gasteiger charge is 2.32. The largest absolute Gasteiger partial charge is 0.419 e. The number of amides is 1. The lowest BCUT2D eigenvalue weighted by Crippen LogP contribution is -2.52. The van der Waals surface area contributed by atoms with Crippen molar-refractivity contribution < 1.29 is 18.0 Å². The molecule has 5 nitrogen and oxygen atoms in total. The lowest BCUT2D eigenvalue weighted by atomic mass is 10.2. The van der Waals surface area contributed by atoms with Crippen molar-refractivity contribution in [1.82, 2.24) is 14.9 Å². The number of hydrogen-bond donors (Lipinski definition) is 0. The second-order valence-electron chi connectivity index (χ2n) is 4.41. The highest BCUT2D eigenvalue weighted by atomic mass is 19.4. The van der Waals surface area contributed by atoms with Crippen LogP contribution in [0.4, 0.5) is 19.1 Å². The van der Waals surface area contributed by atoms with E-state index in [1.165, 1.54) is 0 Å². The first-order valence-corrected chi connectivity index (χ1v) is 5.77. The van der Waals surface area contributed by atoms with Gasteiger partial charge in [0.15, 0.2) is 0 Å². The molecule has 0 aliphatic carbocycles. The molecule has 2 heterocycles. The SMILES string of the molecule is C[C@H]1CN(C=O)CCN1c1ncc(C(F)(F)F)cn1. The molecule has 2 rings (SSSR count). The molecule has 1 atom stereocenters. The molecule has 0 spiro atoms. The molecule has 0 unspecified atom stereocenters. The number of anilines is 1. The third-order valence-corrected chi connectivity index (χ3v) is 3.03. The normalized spacial score (nSPS) is 20.5. The fraction of sp³-hybridized carbons (Fsp3) is 0.545. The number of piperazine rings is 1. The van der Waals surface area contributed by atoms with E-state index in [0.717, 1.165) is 18.8 Å². The minimum Gasteiger partial charge on any atom is -0.341 e. The molecule has 1 aromatic rings. The fourth-order valence-corrected chi connectivity index (χ4v) is 1.99. The van der Waals surface area contributed by atoms with Crippen molar-refractivity contribution in [3.05, 3.63) is 18.0 Å². The van der Waals surface area contributed by atoms with Crippen molar-refractivity contribution in [1.29, 1.82) is 0 Å². The molecule has 1 aromatic heterocycles. The van der Waals surface area contributed by atoms with E-state index in [9.17, 15) is 18.0 Å². The summed E-state index contributed by atoms with van der Waals surface area (Å²) >= 11 is 0. The van der Waals surface area contributed by atoms with Gasteiger partial charge in [-0.2, -0.15) is 13.2 Å². The Kier molecular flexibility index (Phi) is 3.59. The number of carbonyl (C=O) groups excluding carboxylic acids is 1. The van der Waals surface area contributed by atoms with E-state index in [0.29, 0.717) is 19.6 Å². The van der Waals surface area contributed by atoms with E-state index >= 15 is 0 Å². The predicted octanol–water partition coefficient (Wildman–Crippen LogP) is 1.16. The Labute approximate surface area is 108 Å². The topological polar surface area (TPSA) is 49.3 Å². The van der Waals surface area contributed by atoms with Crippen LogP contribution in [0.15, 0.2) is 12.4 Å². The van der Waals surface area contributed by atoms with Gasteiger partial charge in [-0.15, -0.1) is 0 Å². The Balaban J connectivity index is 2.12. The third kappa shape index (κ3) is 2.94. The molecule has 1 fully saturated rings. The molecule has 0 bridgehead atoms. The average molecular weight is 274 g/mol. The van der Waals surface area contributed by atoms with E-state index in [1.54, 1.807) is 9.80 Å². The van der Waals surface area contributed by atoms with Gasteiger partial charge in [-0.3, -0.25) is 4.79 Å². The Bertz CT molecular complexity index is 448. The number of aromatic nitrogens is 2. The van der Waals surface area contributed by atoms with Crippen molar-refractivity contribution in [2.75, 3.05) is 24.5 Å². The van der Waals surface area contributed by atoms with E-state index in [1.807, 2.05) is 6.92 Å². The van der Waals surface area contributed by atoms with E-state index < -0.39 is 11.7 Å². The van der Waals surface area contributed by atoms with Gasteiger partial charge in [0.1, 0.15) is 0 Å². The van der Waals surface area contributed by atoms with Gasteiger partial charge in [-0.1, -0.05) is 0 Å². The second kappa shape index (κ2) is 5.02. The number of halogens is 3. The number of carbonyl (C=O) groups is 1. The molecule has 0 N–H and O–H groups in total. The van der Waals surface area contributed by atoms with Gasteiger partial charge >= 0.3 is 6.18 Å². The van der Waals surface area contributed by atoms with Crippen LogP contribution in [-0.4, -0.2) is 47.0 Å². The lowest BCUT2D eigenvalue weighted by Gasteiger charge is -2.38. The summed E-state index contributed by atoms with van der Waals surface area (Å²) in [6.45, 7) is 3.40. The van der Waals surface area contributed by atoms with Crippen LogP contribution < -0.4 is 4.90 Å². The van der Waals surface area contributed by atoms with Gasteiger partial charge in [0.2, 0.25) is 12.4 Å². The van der Waals surface area contributed by atoms with Crippen LogP contribution in [0.1, 0.15) is 12.5 Å². The first-order valence-electron chi connectivity index (χ1n) is 5.77. The smallest absolute Gasteiger partial charge is 0.341 e. The summed E-state index contributed by atoms with van der Waals surface area (Å²) < 4.78 is 37.2. The molecule has 8 heteroatoms. The highest BCUT2D eigenvalue weighted by Crippen LogP contribution is 2.28. The van der Waals surface area contributed by atoms with Gasteiger partial charge in [-0.25, -0.2) is 9.97 Å². The van der Waals surface area contributed by atoms with Crippen molar-refractivity contribution in [2.45, 2.75) is 19.1 Å². The zero-order valence-electron chi connectivity index (χ0n) is 10.3. The van der Waals surface area contributed by atoms with Crippen LogP contribution in [0.5, 0.6) is 0 Å². The van der Waals surface area contributed by atoms with Crippen molar-refractivity contribution in [2.24, 2.45) is 0 Å². The second-order valence-corrected chi connectivity index (χ2v) is 4.41. The predicted molar refractivity (Wildman–Crippen MR) is 61.5 cm³/mol. The molecule has 1 aliphatic rings. The summed E-state index contributed by atoms with van der Waals surface area (Å²) in [5.74, 6) is 0.256. The number of hydrogen-bond acceptors (Lipinski definition) is 4. The van der Waals surface area contributed by atoms with Crippen LogP contribution in [0.2, 0.25) is 0 Å². The molecule has 0 aromatic carbocycles. The van der Waals surface area contributed by atoms with Crippen molar-refractivity contribution >= 4 is 12.4 Å². The van der Waals surface area contributed by atoms with Crippen LogP contribution in [0.3, 0.4) is 0 Å². The summed E-state index contributed by atoms with van der Waals surface area (Å²) in [4.78, 5) is 21.6. The van der Waals surface area contributed by atoms with Crippen LogP contribution in [0, 0.1) is 0 Å². The monoisotopic (exact) mass is 274 g/mol. The first kappa shape index (κ1) is 13.6. The zero-order chi connectivity index (χ0) is 14.0. The minimum absolute atomic E-state index is 0.0318. The standard InChI is InChI=1S/C11H13F3N4O/c1-8-6-17(7-19)2-3-18(8)10-15-4-9(5-16-10)11(12,13)14/h4-5,7-8H,2-3,6H2,1H3/t8-/m0/s1. The Hall–Kier alpha value is -1.86. The molecule has 1 aliphatic heterocycles. The van der Waals surface area contributed by atoms with Crippen LogP contribution in [0.25, 0.3) is 0 Å².